The monoisotopic (exact) mass is 288 g/mol. The third-order valence-corrected chi connectivity index (χ3v) is 3.13. The average Bonchev–Trinajstić information content (AvgIpc) is 2.41. The molecule has 4 nitrogen and oxygen atoms in total. The highest BCUT2D eigenvalue weighted by molar-refractivity contribution is 5.95. The van der Waals surface area contributed by atoms with Gasteiger partial charge in [-0.2, -0.15) is 0 Å². The first-order valence-electron chi connectivity index (χ1n) is 6.59. The van der Waals surface area contributed by atoms with Gasteiger partial charge in [0, 0.05) is 11.7 Å². The lowest BCUT2D eigenvalue weighted by Crippen LogP contribution is -2.20. The summed E-state index contributed by atoms with van der Waals surface area (Å²) in [5.74, 6) is -1.28. The van der Waals surface area contributed by atoms with Gasteiger partial charge in [-0.1, -0.05) is 12.1 Å². The zero-order valence-electron chi connectivity index (χ0n) is 11.6. The Bertz CT molecular complexity index is 641. The van der Waals surface area contributed by atoms with Gasteiger partial charge in [0.15, 0.2) is 0 Å². The van der Waals surface area contributed by atoms with Crippen LogP contribution in [0.4, 0.5) is 15.8 Å². The standard InChI is InChI=1S/C16H17FN2O2/c1-10(8-11-2-4-12(17)5-3-11)19-15-9-13(18)6-7-14(15)16(20)21/h2-7,9-10,19H,8,18H2,1H3,(H,20,21). The molecule has 0 aliphatic heterocycles. The van der Waals surface area contributed by atoms with Gasteiger partial charge in [-0.05, 0) is 49.2 Å². The summed E-state index contributed by atoms with van der Waals surface area (Å²) >= 11 is 0. The molecule has 2 aromatic rings. The number of nitrogens with one attached hydrogen (secondary N) is 1. The number of hydrogen-bond acceptors (Lipinski definition) is 3. The van der Waals surface area contributed by atoms with E-state index in [9.17, 15) is 9.18 Å². The molecule has 110 valence electrons. The zero-order valence-corrected chi connectivity index (χ0v) is 11.6. The van der Waals surface area contributed by atoms with Crippen molar-refractivity contribution in [2.45, 2.75) is 19.4 Å². The number of aromatic carboxylic acids is 1. The van der Waals surface area contributed by atoms with E-state index < -0.39 is 5.97 Å². The molecule has 5 heteroatoms. The van der Waals surface area contributed by atoms with E-state index in [-0.39, 0.29) is 17.4 Å². The van der Waals surface area contributed by atoms with Crippen LogP contribution < -0.4 is 11.1 Å². The summed E-state index contributed by atoms with van der Waals surface area (Å²) in [4.78, 5) is 11.2. The Kier molecular flexibility index (Phi) is 4.42. The lowest BCUT2D eigenvalue weighted by molar-refractivity contribution is 0.0698. The Morgan fingerprint density at radius 1 is 1.29 bits per heavy atom. The predicted molar refractivity (Wildman–Crippen MR) is 81.0 cm³/mol. The van der Waals surface area contributed by atoms with E-state index in [2.05, 4.69) is 5.32 Å². The zero-order chi connectivity index (χ0) is 15.4. The second-order valence-corrected chi connectivity index (χ2v) is 4.99. The first-order valence-corrected chi connectivity index (χ1v) is 6.59. The van der Waals surface area contributed by atoms with Crippen molar-refractivity contribution >= 4 is 17.3 Å². The molecule has 2 rings (SSSR count). The third-order valence-electron chi connectivity index (χ3n) is 3.13. The maximum atomic E-state index is 12.9. The molecule has 0 saturated heterocycles. The van der Waals surface area contributed by atoms with Crippen LogP contribution in [-0.2, 0) is 6.42 Å². The van der Waals surface area contributed by atoms with Crippen molar-refractivity contribution in [1.29, 1.82) is 0 Å². The van der Waals surface area contributed by atoms with E-state index in [1.165, 1.54) is 18.2 Å². The molecule has 1 atom stereocenters. The van der Waals surface area contributed by atoms with Crippen LogP contribution in [0.1, 0.15) is 22.8 Å². The number of carboxylic acid groups (broad SMARTS) is 1. The van der Waals surface area contributed by atoms with Crippen LogP contribution in [0.15, 0.2) is 42.5 Å². The Balaban J connectivity index is 2.12. The highest BCUT2D eigenvalue weighted by atomic mass is 19.1. The van der Waals surface area contributed by atoms with Crippen LogP contribution in [-0.4, -0.2) is 17.1 Å². The van der Waals surface area contributed by atoms with Gasteiger partial charge in [-0.3, -0.25) is 0 Å². The van der Waals surface area contributed by atoms with Crippen molar-refractivity contribution in [3.8, 4) is 0 Å². The van der Waals surface area contributed by atoms with Gasteiger partial charge >= 0.3 is 5.97 Å². The van der Waals surface area contributed by atoms with E-state index in [1.807, 2.05) is 6.92 Å². The lowest BCUT2D eigenvalue weighted by atomic mass is 10.1. The summed E-state index contributed by atoms with van der Waals surface area (Å²) in [5, 5.41) is 12.3. The van der Waals surface area contributed by atoms with Crippen molar-refractivity contribution < 1.29 is 14.3 Å². The quantitative estimate of drug-likeness (QED) is 0.739. The van der Waals surface area contributed by atoms with Crippen LogP contribution in [0.25, 0.3) is 0 Å². The maximum Gasteiger partial charge on any atom is 0.337 e. The molecule has 21 heavy (non-hydrogen) atoms. The molecule has 0 amide bonds. The number of anilines is 2. The molecular formula is C16H17FN2O2. The minimum absolute atomic E-state index is 0.0182. The number of carbonyl (C=O) groups is 1. The van der Waals surface area contributed by atoms with Gasteiger partial charge in [-0.15, -0.1) is 0 Å². The number of nitrogen functional groups attached to an aromatic ring is 1. The van der Waals surface area contributed by atoms with E-state index in [0.717, 1.165) is 5.56 Å². The van der Waals surface area contributed by atoms with E-state index in [1.54, 1.807) is 24.3 Å². The topological polar surface area (TPSA) is 75.3 Å². The van der Waals surface area contributed by atoms with Crippen molar-refractivity contribution in [2.24, 2.45) is 0 Å². The van der Waals surface area contributed by atoms with Crippen LogP contribution in [0.2, 0.25) is 0 Å². The van der Waals surface area contributed by atoms with Gasteiger partial charge < -0.3 is 16.2 Å². The van der Waals surface area contributed by atoms with Crippen molar-refractivity contribution in [1.82, 2.24) is 0 Å². The SMILES string of the molecule is CC(Cc1ccc(F)cc1)Nc1cc(N)ccc1C(=O)O. The molecular weight excluding hydrogens is 271 g/mol. The normalized spacial score (nSPS) is 11.9. The van der Waals surface area contributed by atoms with Gasteiger partial charge in [0.2, 0.25) is 0 Å². The number of carboxylic acids is 1. The van der Waals surface area contributed by atoms with Crippen LogP contribution in [0.3, 0.4) is 0 Å². The average molecular weight is 288 g/mol. The van der Waals surface area contributed by atoms with Crippen LogP contribution in [0, 0.1) is 5.82 Å². The Labute approximate surface area is 122 Å². The second kappa shape index (κ2) is 6.26. The fourth-order valence-corrected chi connectivity index (χ4v) is 2.16. The summed E-state index contributed by atoms with van der Waals surface area (Å²) in [6.07, 6.45) is 0.647. The Morgan fingerprint density at radius 3 is 2.57 bits per heavy atom. The van der Waals surface area contributed by atoms with E-state index in [4.69, 9.17) is 10.8 Å². The summed E-state index contributed by atoms with van der Waals surface area (Å²) in [7, 11) is 0. The molecule has 0 aromatic heterocycles. The molecule has 0 spiro atoms. The van der Waals surface area contributed by atoms with Crippen molar-refractivity contribution in [3.05, 3.63) is 59.4 Å². The number of rotatable bonds is 5. The molecule has 0 saturated carbocycles. The summed E-state index contributed by atoms with van der Waals surface area (Å²) in [6.45, 7) is 1.93. The third kappa shape index (κ3) is 3.95. The second-order valence-electron chi connectivity index (χ2n) is 4.99. The minimum Gasteiger partial charge on any atom is -0.478 e. The number of halogens is 1. The highest BCUT2D eigenvalue weighted by Gasteiger charge is 2.12. The molecule has 4 N–H and O–H groups in total. The van der Waals surface area contributed by atoms with Gasteiger partial charge in [0.05, 0.1) is 11.3 Å². The lowest BCUT2D eigenvalue weighted by Gasteiger charge is -2.17. The van der Waals surface area contributed by atoms with Crippen molar-refractivity contribution in [3.63, 3.8) is 0 Å². The van der Waals surface area contributed by atoms with Gasteiger partial charge in [0.1, 0.15) is 5.82 Å². The summed E-state index contributed by atoms with van der Waals surface area (Å²) in [5.41, 5.74) is 7.82. The Morgan fingerprint density at radius 2 is 1.95 bits per heavy atom. The number of hydrogen-bond donors (Lipinski definition) is 3. The molecule has 0 heterocycles. The maximum absolute atomic E-state index is 12.9. The van der Waals surface area contributed by atoms with Crippen LogP contribution >= 0.6 is 0 Å². The first-order chi connectivity index (χ1) is 9.95. The van der Waals surface area contributed by atoms with E-state index in [0.29, 0.717) is 17.8 Å². The molecule has 0 radical (unpaired) electrons. The minimum atomic E-state index is -1.01. The molecule has 0 bridgehead atoms. The van der Waals surface area contributed by atoms with E-state index >= 15 is 0 Å². The largest absolute Gasteiger partial charge is 0.478 e. The van der Waals surface area contributed by atoms with Crippen molar-refractivity contribution in [2.75, 3.05) is 11.1 Å². The predicted octanol–water partition coefficient (Wildman–Crippen LogP) is 3.15. The molecule has 2 aromatic carbocycles. The number of benzene rings is 2. The highest BCUT2D eigenvalue weighted by Crippen LogP contribution is 2.21. The molecule has 1 unspecified atom stereocenters. The van der Waals surface area contributed by atoms with Crippen LogP contribution in [0.5, 0.6) is 0 Å². The fraction of sp³-hybridized carbons (Fsp3) is 0.188. The molecule has 0 fully saturated rings. The summed E-state index contributed by atoms with van der Waals surface area (Å²) in [6, 6.07) is 10.9. The fourth-order valence-electron chi connectivity index (χ4n) is 2.16. The van der Waals surface area contributed by atoms with Gasteiger partial charge in [0.25, 0.3) is 0 Å². The summed E-state index contributed by atoms with van der Waals surface area (Å²) < 4.78 is 12.9. The van der Waals surface area contributed by atoms with Gasteiger partial charge in [-0.25, -0.2) is 9.18 Å². The number of nitrogens with two attached hydrogens (primary N) is 1. The smallest absolute Gasteiger partial charge is 0.337 e. The molecule has 0 aliphatic rings. The first kappa shape index (κ1) is 14.8. The molecule has 0 aliphatic carbocycles. The Hall–Kier alpha value is -2.56.